The third-order valence-corrected chi connectivity index (χ3v) is 5.58. The van der Waals surface area contributed by atoms with E-state index in [2.05, 4.69) is 9.46 Å². The summed E-state index contributed by atoms with van der Waals surface area (Å²) < 4.78 is 31.0. The van der Waals surface area contributed by atoms with E-state index in [1.807, 2.05) is 30.3 Å². The molecule has 2 aromatic rings. The molecule has 0 heterocycles. The van der Waals surface area contributed by atoms with E-state index in [0.717, 1.165) is 5.56 Å². The largest absolute Gasteiger partial charge is 0.468 e. The summed E-state index contributed by atoms with van der Waals surface area (Å²) in [5.74, 6) is -0.871. The number of esters is 1. The van der Waals surface area contributed by atoms with Crippen LogP contribution in [0.4, 0.5) is 0 Å². The van der Waals surface area contributed by atoms with E-state index >= 15 is 0 Å². The smallest absolute Gasteiger partial charge is 0.325 e. The number of ether oxygens (including phenoxy) is 1. The molecule has 0 spiro atoms. The molecule has 0 bridgehead atoms. The molecular weight excluding hydrogens is 392 g/mol. The number of amides is 1. The van der Waals surface area contributed by atoms with E-state index in [1.165, 1.54) is 30.2 Å². The number of methoxy groups -OCH3 is 1. The first-order valence-electron chi connectivity index (χ1n) is 9.03. The molecule has 0 aliphatic carbocycles. The number of benzene rings is 2. The maximum atomic E-state index is 12.6. The zero-order valence-corrected chi connectivity index (χ0v) is 17.2. The second kappa shape index (κ2) is 10.5. The Hall–Kier alpha value is -2.97. The summed E-state index contributed by atoms with van der Waals surface area (Å²) in [5, 5.41) is 0. The summed E-state index contributed by atoms with van der Waals surface area (Å²) in [6.45, 7) is 2.10. The van der Waals surface area contributed by atoms with Crippen LogP contribution >= 0.6 is 0 Å². The normalized spacial score (nSPS) is 11.4. The fourth-order valence-electron chi connectivity index (χ4n) is 2.54. The highest BCUT2D eigenvalue weighted by Gasteiger charge is 2.16. The minimum atomic E-state index is -3.52. The molecule has 0 radical (unpaired) electrons. The van der Waals surface area contributed by atoms with Gasteiger partial charge in [-0.3, -0.25) is 9.59 Å². The van der Waals surface area contributed by atoms with Gasteiger partial charge in [0.2, 0.25) is 15.9 Å². The Morgan fingerprint density at radius 2 is 1.72 bits per heavy atom. The first kappa shape index (κ1) is 22.3. The van der Waals surface area contributed by atoms with Gasteiger partial charge in [-0.15, -0.1) is 0 Å². The third-order valence-electron chi connectivity index (χ3n) is 4.02. The summed E-state index contributed by atoms with van der Waals surface area (Å²) in [6, 6.07) is 15.5. The van der Waals surface area contributed by atoms with E-state index < -0.39 is 16.0 Å². The van der Waals surface area contributed by atoms with E-state index in [1.54, 1.807) is 25.1 Å². The van der Waals surface area contributed by atoms with Crippen molar-refractivity contribution >= 4 is 28.0 Å². The van der Waals surface area contributed by atoms with Crippen molar-refractivity contribution in [2.24, 2.45) is 0 Å². The molecule has 8 heteroatoms. The number of hydrogen-bond acceptors (Lipinski definition) is 5. The molecule has 29 heavy (non-hydrogen) atoms. The van der Waals surface area contributed by atoms with Crippen LogP contribution in [-0.4, -0.2) is 45.4 Å². The highest BCUT2D eigenvalue weighted by molar-refractivity contribution is 7.89. The Balaban J connectivity index is 2.13. The SMILES string of the molecule is CCNS(=O)(=O)c1ccc(C=CC(=O)N(CC(=O)OC)Cc2ccccc2)cc1. The molecule has 0 aromatic heterocycles. The summed E-state index contributed by atoms with van der Waals surface area (Å²) in [4.78, 5) is 25.8. The van der Waals surface area contributed by atoms with Crippen LogP contribution in [0.2, 0.25) is 0 Å². The van der Waals surface area contributed by atoms with Crippen molar-refractivity contribution in [1.82, 2.24) is 9.62 Å². The minimum absolute atomic E-state index is 0.152. The van der Waals surface area contributed by atoms with Gasteiger partial charge in [0.1, 0.15) is 6.54 Å². The van der Waals surface area contributed by atoms with Crippen molar-refractivity contribution in [3.63, 3.8) is 0 Å². The Morgan fingerprint density at radius 1 is 1.07 bits per heavy atom. The Kier molecular flexibility index (Phi) is 8.11. The molecule has 0 saturated heterocycles. The summed E-state index contributed by atoms with van der Waals surface area (Å²) in [5.41, 5.74) is 1.54. The van der Waals surface area contributed by atoms with Crippen LogP contribution in [0.1, 0.15) is 18.1 Å². The van der Waals surface area contributed by atoms with Crippen molar-refractivity contribution in [3.05, 3.63) is 71.8 Å². The quantitative estimate of drug-likeness (QED) is 0.500. The third kappa shape index (κ3) is 6.85. The van der Waals surface area contributed by atoms with Crippen molar-refractivity contribution in [3.8, 4) is 0 Å². The fourth-order valence-corrected chi connectivity index (χ4v) is 3.58. The second-order valence-corrected chi connectivity index (χ2v) is 7.93. The number of hydrogen-bond donors (Lipinski definition) is 1. The molecule has 0 aliphatic heterocycles. The van der Waals surface area contributed by atoms with Gasteiger partial charge in [0.25, 0.3) is 0 Å². The van der Waals surface area contributed by atoms with Gasteiger partial charge in [-0.05, 0) is 29.3 Å². The number of nitrogens with one attached hydrogen (secondary N) is 1. The first-order valence-corrected chi connectivity index (χ1v) is 10.5. The van der Waals surface area contributed by atoms with Crippen molar-refractivity contribution in [2.75, 3.05) is 20.2 Å². The van der Waals surface area contributed by atoms with Gasteiger partial charge in [-0.2, -0.15) is 0 Å². The van der Waals surface area contributed by atoms with Crippen LogP contribution in [0.15, 0.2) is 65.6 Å². The molecule has 1 N–H and O–H groups in total. The average Bonchev–Trinajstić information content (AvgIpc) is 2.72. The molecular formula is C21H24N2O5S. The Bertz CT molecular complexity index is 954. The van der Waals surface area contributed by atoms with Crippen molar-refractivity contribution in [2.45, 2.75) is 18.4 Å². The second-order valence-electron chi connectivity index (χ2n) is 6.16. The maximum Gasteiger partial charge on any atom is 0.325 e. The summed E-state index contributed by atoms with van der Waals surface area (Å²) >= 11 is 0. The minimum Gasteiger partial charge on any atom is -0.468 e. The van der Waals surface area contributed by atoms with Crippen LogP contribution in [0.5, 0.6) is 0 Å². The van der Waals surface area contributed by atoms with Crippen LogP contribution in [-0.2, 0) is 30.9 Å². The van der Waals surface area contributed by atoms with Gasteiger partial charge in [0.15, 0.2) is 0 Å². The molecule has 154 valence electrons. The summed E-state index contributed by atoms with van der Waals surface area (Å²) in [6.07, 6.45) is 2.92. The lowest BCUT2D eigenvalue weighted by molar-refractivity contribution is -0.145. The molecule has 2 aromatic carbocycles. The summed E-state index contributed by atoms with van der Waals surface area (Å²) in [7, 11) is -2.25. The predicted molar refractivity (Wildman–Crippen MR) is 110 cm³/mol. The van der Waals surface area contributed by atoms with Gasteiger partial charge in [0, 0.05) is 19.2 Å². The zero-order chi connectivity index (χ0) is 21.3. The van der Waals surface area contributed by atoms with E-state index in [4.69, 9.17) is 0 Å². The van der Waals surface area contributed by atoms with Gasteiger partial charge in [-0.25, -0.2) is 13.1 Å². The standard InChI is InChI=1S/C21H24N2O5S/c1-3-22-29(26,27)19-12-9-17(10-13-19)11-14-20(24)23(16-21(25)28-2)15-18-7-5-4-6-8-18/h4-14,22H,3,15-16H2,1-2H3. The average molecular weight is 416 g/mol. The van der Waals surface area contributed by atoms with Crippen LogP contribution in [0, 0.1) is 0 Å². The predicted octanol–water partition coefficient (Wildman–Crippen LogP) is 2.20. The van der Waals surface area contributed by atoms with Crippen LogP contribution in [0.3, 0.4) is 0 Å². The van der Waals surface area contributed by atoms with Gasteiger partial charge in [0.05, 0.1) is 12.0 Å². The maximum absolute atomic E-state index is 12.6. The van der Waals surface area contributed by atoms with Gasteiger partial charge >= 0.3 is 5.97 Å². The topological polar surface area (TPSA) is 92.8 Å². The lowest BCUT2D eigenvalue weighted by Gasteiger charge is -2.20. The Morgan fingerprint density at radius 3 is 2.31 bits per heavy atom. The Labute approximate surface area is 171 Å². The molecule has 2 rings (SSSR count). The number of carbonyl (C=O) groups excluding carboxylic acids is 2. The molecule has 0 unspecified atom stereocenters. The fraction of sp³-hybridized carbons (Fsp3) is 0.238. The number of sulfonamides is 1. The molecule has 7 nitrogen and oxygen atoms in total. The lowest BCUT2D eigenvalue weighted by atomic mass is 10.2. The van der Waals surface area contributed by atoms with Crippen LogP contribution in [0.25, 0.3) is 6.08 Å². The monoisotopic (exact) mass is 416 g/mol. The molecule has 0 saturated carbocycles. The van der Waals surface area contributed by atoms with Crippen LogP contribution < -0.4 is 4.72 Å². The first-order chi connectivity index (χ1) is 13.9. The van der Waals surface area contributed by atoms with E-state index in [-0.39, 0.29) is 23.9 Å². The lowest BCUT2D eigenvalue weighted by Crippen LogP contribution is -2.34. The van der Waals surface area contributed by atoms with Crippen molar-refractivity contribution in [1.29, 1.82) is 0 Å². The number of carbonyl (C=O) groups is 2. The molecule has 0 fully saturated rings. The number of rotatable bonds is 9. The highest BCUT2D eigenvalue weighted by Crippen LogP contribution is 2.12. The number of nitrogens with zero attached hydrogens (tertiary/aromatic N) is 1. The molecule has 1 amide bonds. The highest BCUT2D eigenvalue weighted by atomic mass is 32.2. The van der Waals surface area contributed by atoms with Gasteiger partial charge in [-0.1, -0.05) is 49.4 Å². The van der Waals surface area contributed by atoms with Gasteiger partial charge < -0.3 is 9.64 Å². The van der Waals surface area contributed by atoms with E-state index in [0.29, 0.717) is 12.1 Å². The molecule has 0 aliphatic rings. The zero-order valence-electron chi connectivity index (χ0n) is 16.4. The van der Waals surface area contributed by atoms with Crippen molar-refractivity contribution < 1.29 is 22.7 Å². The molecule has 0 atom stereocenters. The van der Waals surface area contributed by atoms with E-state index in [9.17, 15) is 18.0 Å².